The van der Waals surface area contributed by atoms with Gasteiger partial charge >= 0.3 is 0 Å². The predicted octanol–water partition coefficient (Wildman–Crippen LogP) is 2.37. The van der Waals surface area contributed by atoms with Crippen LogP contribution in [0.2, 0.25) is 0 Å². The molecule has 6 nitrogen and oxygen atoms in total. The molecule has 0 aliphatic heterocycles. The van der Waals surface area contributed by atoms with Crippen molar-refractivity contribution >= 4 is 20.2 Å². The van der Waals surface area contributed by atoms with E-state index in [0.29, 0.717) is 12.8 Å². The van der Waals surface area contributed by atoms with E-state index in [1.807, 2.05) is 13.8 Å². The van der Waals surface area contributed by atoms with Gasteiger partial charge < -0.3 is 0 Å². The molecule has 20 heavy (non-hydrogen) atoms. The zero-order chi connectivity index (χ0) is 15.8. The van der Waals surface area contributed by atoms with E-state index in [9.17, 15) is 16.8 Å². The van der Waals surface area contributed by atoms with E-state index in [0.717, 1.165) is 25.7 Å². The number of rotatable bonds is 11. The summed E-state index contributed by atoms with van der Waals surface area (Å²) in [6.07, 6.45) is 3.94. The van der Waals surface area contributed by atoms with E-state index < -0.39 is 20.2 Å². The number of hydrogen-bond donors (Lipinski definition) is 2. The molecule has 0 amide bonds. The van der Waals surface area contributed by atoms with Gasteiger partial charge in [-0.3, -0.25) is 9.11 Å². The molecule has 0 saturated heterocycles. The van der Waals surface area contributed by atoms with Crippen molar-refractivity contribution in [3.63, 3.8) is 0 Å². The summed E-state index contributed by atoms with van der Waals surface area (Å²) < 4.78 is 61.1. The molecule has 0 aromatic rings. The Morgan fingerprint density at radius 1 is 0.700 bits per heavy atom. The standard InChI is InChI=1S/C12H26O6S2/c1-3-5-11(7-9-19(13,14)15)12(6-4-2)8-10-20(16,17)18/h11-12H,3-10H2,1-2H3,(H,13,14,15)(H,16,17,18). The summed E-state index contributed by atoms with van der Waals surface area (Å²) >= 11 is 0. The molecule has 0 rings (SSSR count). The van der Waals surface area contributed by atoms with E-state index in [1.165, 1.54) is 0 Å². The van der Waals surface area contributed by atoms with Crippen molar-refractivity contribution in [1.29, 1.82) is 0 Å². The Kier molecular flexibility index (Phi) is 8.88. The van der Waals surface area contributed by atoms with Gasteiger partial charge in [-0.2, -0.15) is 16.8 Å². The lowest BCUT2D eigenvalue weighted by atomic mass is 9.82. The predicted molar refractivity (Wildman–Crippen MR) is 78.9 cm³/mol. The molecule has 2 unspecified atom stereocenters. The van der Waals surface area contributed by atoms with Crippen molar-refractivity contribution in [2.75, 3.05) is 11.5 Å². The zero-order valence-corrected chi connectivity index (χ0v) is 13.8. The van der Waals surface area contributed by atoms with Crippen LogP contribution >= 0.6 is 0 Å². The van der Waals surface area contributed by atoms with Crippen LogP contribution in [0.3, 0.4) is 0 Å². The van der Waals surface area contributed by atoms with Crippen LogP contribution in [-0.2, 0) is 20.2 Å². The van der Waals surface area contributed by atoms with Gasteiger partial charge in [-0.15, -0.1) is 0 Å². The summed E-state index contributed by atoms with van der Waals surface area (Å²) in [5.74, 6) is -0.514. The van der Waals surface area contributed by atoms with Crippen LogP contribution in [0.1, 0.15) is 52.4 Å². The SMILES string of the molecule is CCCC(CCS(=O)(=O)O)C(CCC)CCS(=O)(=O)O. The molecule has 2 atom stereocenters. The quantitative estimate of drug-likeness (QED) is 0.563. The summed E-state index contributed by atoms with van der Waals surface area (Å²) in [4.78, 5) is 0. The highest BCUT2D eigenvalue weighted by atomic mass is 32.2. The maximum Gasteiger partial charge on any atom is 0.264 e. The highest BCUT2D eigenvalue weighted by Crippen LogP contribution is 2.29. The van der Waals surface area contributed by atoms with Gasteiger partial charge in [0.25, 0.3) is 20.2 Å². The summed E-state index contributed by atoms with van der Waals surface area (Å²) in [6, 6.07) is 0. The lowest BCUT2D eigenvalue weighted by Crippen LogP contribution is -2.21. The molecule has 8 heteroatoms. The Morgan fingerprint density at radius 2 is 1.00 bits per heavy atom. The third-order valence-electron chi connectivity index (χ3n) is 3.48. The third-order valence-corrected chi connectivity index (χ3v) is 4.98. The van der Waals surface area contributed by atoms with Gasteiger partial charge in [0.2, 0.25) is 0 Å². The van der Waals surface area contributed by atoms with Gasteiger partial charge in [0.05, 0.1) is 11.5 Å². The lowest BCUT2D eigenvalue weighted by molar-refractivity contribution is 0.272. The normalized spacial score (nSPS) is 16.0. The molecule has 0 heterocycles. The topological polar surface area (TPSA) is 109 Å². The zero-order valence-electron chi connectivity index (χ0n) is 12.2. The second-order valence-electron chi connectivity index (χ2n) is 5.25. The van der Waals surface area contributed by atoms with Crippen LogP contribution in [0.15, 0.2) is 0 Å². The Balaban J connectivity index is 4.74. The van der Waals surface area contributed by atoms with Crippen molar-refractivity contribution in [2.24, 2.45) is 11.8 Å². The average molecular weight is 330 g/mol. The molecular formula is C12H26O6S2. The molecule has 0 aromatic carbocycles. The van der Waals surface area contributed by atoms with Crippen LogP contribution in [0.4, 0.5) is 0 Å². The Hall–Kier alpha value is -0.180. The van der Waals surface area contributed by atoms with Gasteiger partial charge in [0, 0.05) is 0 Å². The first-order valence-corrected chi connectivity index (χ1v) is 10.2. The summed E-state index contributed by atoms with van der Waals surface area (Å²) in [5.41, 5.74) is 0. The van der Waals surface area contributed by atoms with E-state index in [1.54, 1.807) is 0 Å². The fraction of sp³-hybridized carbons (Fsp3) is 1.00. The van der Waals surface area contributed by atoms with Crippen molar-refractivity contribution < 1.29 is 25.9 Å². The van der Waals surface area contributed by atoms with Crippen molar-refractivity contribution in [2.45, 2.75) is 52.4 Å². The molecule has 0 spiro atoms. The van der Waals surface area contributed by atoms with Crippen LogP contribution in [0, 0.1) is 11.8 Å². The summed E-state index contributed by atoms with van der Waals surface area (Å²) in [7, 11) is -7.99. The first kappa shape index (κ1) is 19.8. The van der Waals surface area contributed by atoms with Gasteiger partial charge in [-0.05, 0) is 24.7 Å². The largest absolute Gasteiger partial charge is 0.286 e. The fourth-order valence-electron chi connectivity index (χ4n) is 2.57. The van der Waals surface area contributed by atoms with E-state index in [2.05, 4.69) is 0 Å². The van der Waals surface area contributed by atoms with Crippen LogP contribution in [0.25, 0.3) is 0 Å². The van der Waals surface area contributed by atoms with Crippen LogP contribution in [0.5, 0.6) is 0 Å². The average Bonchev–Trinajstić information content (AvgIpc) is 2.28. The maximum absolute atomic E-state index is 10.9. The molecule has 0 aromatic heterocycles. The van der Waals surface area contributed by atoms with E-state index in [4.69, 9.17) is 9.11 Å². The highest BCUT2D eigenvalue weighted by Gasteiger charge is 2.23. The molecular weight excluding hydrogens is 304 g/mol. The molecule has 0 aliphatic rings. The van der Waals surface area contributed by atoms with Crippen molar-refractivity contribution in [3.8, 4) is 0 Å². The number of hydrogen-bond acceptors (Lipinski definition) is 4. The minimum Gasteiger partial charge on any atom is -0.286 e. The van der Waals surface area contributed by atoms with Gasteiger partial charge in [0.1, 0.15) is 0 Å². The summed E-state index contributed by atoms with van der Waals surface area (Å²) in [5, 5.41) is 0. The second kappa shape index (κ2) is 8.96. The first-order chi connectivity index (χ1) is 9.09. The van der Waals surface area contributed by atoms with Gasteiger partial charge in [0.15, 0.2) is 0 Å². The first-order valence-electron chi connectivity index (χ1n) is 6.99. The van der Waals surface area contributed by atoms with Crippen LogP contribution in [-0.4, -0.2) is 37.4 Å². The molecule has 2 N–H and O–H groups in total. The molecule has 122 valence electrons. The molecule has 0 radical (unpaired) electrons. The highest BCUT2D eigenvalue weighted by molar-refractivity contribution is 7.86. The third kappa shape index (κ3) is 10.6. The van der Waals surface area contributed by atoms with Crippen molar-refractivity contribution in [1.82, 2.24) is 0 Å². The Morgan fingerprint density at radius 3 is 1.20 bits per heavy atom. The minimum atomic E-state index is -4.00. The molecule has 0 saturated carbocycles. The molecule has 0 aliphatic carbocycles. The van der Waals surface area contributed by atoms with E-state index >= 15 is 0 Å². The van der Waals surface area contributed by atoms with E-state index in [-0.39, 0.29) is 23.3 Å². The smallest absolute Gasteiger partial charge is 0.264 e. The minimum absolute atomic E-state index is 0.0450. The lowest BCUT2D eigenvalue weighted by Gasteiger charge is -2.26. The van der Waals surface area contributed by atoms with Gasteiger partial charge in [-0.25, -0.2) is 0 Å². The summed E-state index contributed by atoms with van der Waals surface area (Å²) in [6.45, 7) is 3.96. The van der Waals surface area contributed by atoms with Gasteiger partial charge in [-0.1, -0.05) is 39.5 Å². The monoisotopic (exact) mass is 330 g/mol. The maximum atomic E-state index is 10.9. The van der Waals surface area contributed by atoms with Crippen molar-refractivity contribution in [3.05, 3.63) is 0 Å². The Bertz CT molecular complexity index is 410. The second-order valence-corrected chi connectivity index (χ2v) is 8.39. The van der Waals surface area contributed by atoms with Crippen LogP contribution < -0.4 is 0 Å². The molecule has 0 fully saturated rings. The fourth-order valence-corrected chi connectivity index (χ4v) is 3.77. The Labute approximate surface area is 122 Å². The molecule has 0 bridgehead atoms.